The number of rotatable bonds is 6. The number of fused-ring (bicyclic) bond motifs is 1. The Hall–Kier alpha value is -3.01. The Bertz CT molecular complexity index is 1150. The second-order valence-corrected chi connectivity index (χ2v) is 7.57. The van der Waals surface area contributed by atoms with Crippen molar-refractivity contribution in [3.8, 4) is 16.9 Å². The maximum absolute atomic E-state index is 12.4. The zero-order valence-electron chi connectivity index (χ0n) is 17.1. The van der Waals surface area contributed by atoms with Gasteiger partial charge in [0.05, 0.1) is 6.61 Å². The van der Waals surface area contributed by atoms with Gasteiger partial charge in [0.25, 0.3) is 0 Å². The molecule has 1 fully saturated rings. The fraction of sp³-hybridized carbons (Fsp3) is 0.292. The van der Waals surface area contributed by atoms with E-state index >= 15 is 0 Å². The van der Waals surface area contributed by atoms with Crippen LogP contribution in [0.5, 0.6) is 5.75 Å². The first-order valence-corrected chi connectivity index (χ1v) is 10.2. The first-order valence-electron chi connectivity index (χ1n) is 10.2. The van der Waals surface area contributed by atoms with Crippen LogP contribution in [-0.2, 0) is 11.2 Å². The van der Waals surface area contributed by atoms with E-state index in [9.17, 15) is 25.2 Å². The number of benzene rings is 2. The van der Waals surface area contributed by atoms with Gasteiger partial charge in [-0.3, -0.25) is 0 Å². The van der Waals surface area contributed by atoms with Gasteiger partial charge in [-0.25, -0.2) is 4.79 Å². The highest BCUT2D eigenvalue weighted by molar-refractivity contribution is 5.95. The third-order valence-corrected chi connectivity index (χ3v) is 5.50. The van der Waals surface area contributed by atoms with Crippen LogP contribution in [0.4, 0.5) is 0 Å². The van der Waals surface area contributed by atoms with Gasteiger partial charge in [0.2, 0.25) is 6.29 Å². The zero-order valence-corrected chi connectivity index (χ0v) is 17.1. The highest BCUT2D eigenvalue weighted by Crippen LogP contribution is 2.35. The van der Waals surface area contributed by atoms with Crippen LogP contribution in [0.3, 0.4) is 0 Å². The quantitative estimate of drug-likeness (QED) is 0.334. The smallest absolute Gasteiger partial charge is 0.336 e. The number of aliphatic hydroxyl groups excluding tert-OH is 4. The minimum Gasteiger partial charge on any atom is -0.462 e. The summed E-state index contributed by atoms with van der Waals surface area (Å²) in [6.07, 6.45) is -5.21. The summed E-state index contributed by atoms with van der Waals surface area (Å²) in [5.41, 5.74) is 1.81. The Kier molecular flexibility index (Phi) is 6.40. The summed E-state index contributed by atoms with van der Waals surface area (Å²) < 4.78 is 16.8. The predicted octanol–water partition coefficient (Wildman–Crippen LogP) is 1.37. The first kappa shape index (κ1) is 22.2. The zero-order chi connectivity index (χ0) is 22.8. The molecule has 3 aromatic rings. The fourth-order valence-electron chi connectivity index (χ4n) is 3.86. The van der Waals surface area contributed by atoms with Crippen LogP contribution < -0.4 is 10.4 Å². The van der Waals surface area contributed by atoms with Crippen LogP contribution in [0.15, 0.2) is 70.4 Å². The SMILES string of the molecule is C=CCc1c(O[C@@H]2O[C@H](CO)[C@@H](O)[C@H](O)[C@H]2O)ccc2c(-c3ccccc3)cc(=O)oc12. The van der Waals surface area contributed by atoms with Crippen LogP contribution in [0, 0.1) is 0 Å². The number of ether oxygens (including phenoxy) is 2. The molecule has 4 N–H and O–H groups in total. The van der Waals surface area contributed by atoms with Gasteiger partial charge in [-0.1, -0.05) is 36.4 Å². The number of aliphatic hydroxyl groups is 4. The summed E-state index contributed by atoms with van der Waals surface area (Å²) in [6.45, 7) is 3.18. The minimum atomic E-state index is -1.57. The topological polar surface area (TPSA) is 130 Å². The van der Waals surface area contributed by atoms with E-state index in [-0.39, 0.29) is 12.2 Å². The van der Waals surface area contributed by atoms with E-state index in [0.717, 1.165) is 5.56 Å². The Labute approximate surface area is 183 Å². The standard InChI is InChI=1S/C24H24O8/c1-2-6-15-17(30-24-22(29)21(28)20(27)18(12-25)31-24)10-9-14-16(11-19(26)32-23(14)15)13-7-4-3-5-8-13/h2-5,7-11,18,20-22,24-25,27-29H,1,6,12H2/t18-,20-,21+,22-,24-/m1/s1. The van der Waals surface area contributed by atoms with Gasteiger partial charge in [-0.15, -0.1) is 6.58 Å². The maximum Gasteiger partial charge on any atom is 0.336 e. The van der Waals surface area contributed by atoms with Gasteiger partial charge in [-0.2, -0.15) is 0 Å². The molecule has 168 valence electrons. The van der Waals surface area contributed by atoms with Crippen molar-refractivity contribution in [2.75, 3.05) is 6.61 Å². The third-order valence-electron chi connectivity index (χ3n) is 5.50. The van der Waals surface area contributed by atoms with E-state index in [1.54, 1.807) is 18.2 Å². The number of hydrogen-bond donors (Lipinski definition) is 4. The Morgan fingerprint density at radius 2 is 1.78 bits per heavy atom. The Morgan fingerprint density at radius 1 is 1.03 bits per heavy atom. The van der Waals surface area contributed by atoms with Crippen molar-refractivity contribution in [1.29, 1.82) is 0 Å². The molecule has 32 heavy (non-hydrogen) atoms. The van der Waals surface area contributed by atoms with Crippen molar-refractivity contribution in [3.63, 3.8) is 0 Å². The molecule has 2 aromatic carbocycles. The van der Waals surface area contributed by atoms with Crippen LogP contribution in [0.25, 0.3) is 22.1 Å². The normalized spacial score (nSPS) is 25.6. The lowest BCUT2D eigenvalue weighted by atomic mass is 9.98. The number of allylic oxidation sites excluding steroid dienone is 1. The van der Waals surface area contributed by atoms with E-state index < -0.39 is 42.9 Å². The highest BCUT2D eigenvalue weighted by atomic mass is 16.7. The molecule has 0 saturated carbocycles. The predicted molar refractivity (Wildman–Crippen MR) is 116 cm³/mol. The molecule has 1 saturated heterocycles. The third kappa shape index (κ3) is 4.06. The van der Waals surface area contributed by atoms with Crippen LogP contribution in [-0.4, -0.2) is 57.7 Å². The summed E-state index contributed by atoms with van der Waals surface area (Å²) >= 11 is 0. The molecular weight excluding hydrogens is 416 g/mol. The monoisotopic (exact) mass is 440 g/mol. The van der Waals surface area contributed by atoms with E-state index in [1.807, 2.05) is 30.3 Å². The van der Waals surface area contributed by atoms with Crippen molar-refractivity contribution in [2.24, 2.45) is 0 Å². The van der Waals surface area contributed by atoms with Crippen molar-refractivity contribution in [2.45, 2.75) is 37.1 Å². The van der Waals surface area contributed by atoms with Gasteiger partial charge in [-0.05, 0) is 29.7 Å². The van der Waals surface area contributed by atoms with Crippen molar-refractivity contribution >= 4 is 11.0 Å². The molecule has 1 aromatic heterocycles. The lowest BCUT2D eigenvalue weighted by Crippen LogP contribution is -2.60. The molecule has 1 aliphatic heterocycles. The molecule has 8 heteroatoms. The number of hydrogen-bond acceptors (Lipinski definition) is 8. The molecule has 0 aliphatic carbocycles. The molecule has 0 radical (unpaired) electrons. The maximum atomic E-state index is 12.4. The van der Waals surface area contributed by atoms with Gasteiger partial charge in [0.15, 0.2) is 0 Å². The van der Waals surface area contributed by atoms with E-state index in [4.69, 9.17) is 13.9 Å². The molecule has 5 atom stereocenters. The average molecular weight is 440 g/mol. The van der Waals surface area contributed by atoms with Crippen molar-refractivity contribution in [3.05, 3.63) is 77.2 Å². The fourth-order valence-corrected chi connectivity index (χ4v) is 3.86. The van der Waals surface area contributed by atoms with Crippen molar-refractivity contribution < 1.29 is 34.3 Å². The highest BCUT2D eigenvalue weighted by Gasteiger charge is 2.45. The summed E-state index contributed by atoms with van der Waals surface area (Å²) in [5, 5.41) is 40.4. The van der Waals surface area contributed by atoms with E-state index in [1.165, 1.54) is 6.07 Å². The van der Waals surface area contributed by atoms with Gasteiger partial charge >= 0.3 is 5.63 Å². The summed E-state index contributed by atoms with van der Waals surface area (Å²) in [5.74, 6) is 0.245. The Balaban J connectivity index is 1.80. The van der Waals surface area contributed by atoms with Crippen LogP contribution in [0.1, 0.15) is 5.56 Å². The minimum absolute atomic E-state index is 0.245. The molecule has 0 amide bonds. The van der Waals surface area contributed by atoms with E-state index in [2.05, 4.69) is 6.58 Å². The molecule has 0 unspecified atom stereocenters. The van der Waals surface area contributed by atoms with Crippen LogP contribution >= 0.6 is 0 Å². The van der Waals surface area contributed by atoms with Crippen LogP contribution in [0.2, 0.25) is 0 Å². The Morgan fingerprint density at radius 3 is 2.47 bits per heavy atom. The van der Waals surface area contributed by atoms with Gasteiger partial charge in [0.1, 0.15) is 35.7 Å². The largest absolute Gasteiger partial charge is 0.462 e. The van der Waals surface area contributed by atoms with E-state index in [0.29, 0.717) is 22.1 Å². The summed E-state index contributed by atoms with van der Waals surface area (Å²) in [6, 6.07) is 14.2. The second kappa shape index (κ2) is 9.23. The molecule has 0 bridgehead atoms. The van der Waals surface area contributed by atoms with Crippen molar-refractivity contribution in [1.82, 2.24) is 0 Å². The average Bonchev–Trinajstić information content (AvgIpc) is 2.81. The lowest BCUT2D eigenvalue weighted by Gasteiger charge is -2.39. The first-order chi connectivity index (χ1) is 15.4. The summed E-state index contributed by atoms with van der Waals surface area (Å²) in [7, 11) is 0. The molecule has 4 rings (SSSR count). The molecular formula is C24H24O8. The van der Waals surface area contributed by atoms with Gasteiger partial charge < -0.3 is 34.3 Å². The lowest BCUT2D eigenvalue weighted by molar-refractivity contribution is -0.277. The molecule has 0 spiro atoms. The molecule has 2 heterocycles. The molecule has 8 nitrogen and oxygen atoms in total. The van der Waals surface area contributed by atoms with Gasteiger partial charge in [0, 0.05) is 17.0 Å². The second-order valence-electron chi connectivity index (χ2n) is 7.57. The summed E-state index contributed by atoms with van der Waals surface area (Å²) in [4.78, 5) is 12.4. The molecule has 1 aliphatic rings.